The highest BCUT2D eigenvalue weighted by molar-refractivity contribution is 5.80. The Labute approximate surface area is 127 Å². The van der Waals surface area contributed by atoms with Gasteiger partial charge in [-0.2, -0.15) is 5.10 Å². The molecule has 0 atom stereocenters. The lowest BCUT2D eigenvalue weighted by Crippen LogP contribution is -2.12. The highest BCUT2D eigenvalue weighted by atomic mass is 16.1. The maximum Gasteiger partial charge on any atom is 0.217 e. The quantitative estimate of drug-likeness (QED) is 0.770. The van der Waals surface area contributed by atoms with Crippen LogP contribution in [-0.4, -0.2) is 30.2 Å². The van der Waals surface area contributed by atoms with Crippen molar-refractivity contribution in [3.8, 4) is 11.5 Å². The van der Waals surface area contributed by atoms with E-state index < -0.39 is 0 Å². The monoisotopic (exact) mass is 298 g/mol. The van der Waals surface area contributed by atoms with Crippen LogP contribution < -0.4 is 5.73 Å². The Bertz CT molecular complexity index is 832. The number of aromatic nitrogens is 5. The number of hydrogen-bond acceptors (Lipinski definition) is 4. The Morgan fingerprint density at radius 1 is 1.41 bits per heavy atom. The molecule has 1 amide bonds. The summed E-state index contributed by atoms with van der Waals surface area (Å²) < 4.78 is 3.81. The van der Waals surface area contributed by atoms with Gasteiger partial charge in [0.1, 0.15) is 11.2 Å². The van der Waals surface area contributed by atoms with Crippen molar-refractivity contribution >= 4 is 16.9 Å². The molecule has 0 bridgehead atoms. The molecule has 0 saturated heterocycles. The fourth-order valence-electron chi connectivity index (χ4n) is 2.60. The number of nitrogens with zero attached hydrogens (tertiary/aromatic N) is 5. The average Bonchev–Trinajstić information content (AvgIpc) is 3.05. The van der Waals surface area contributed by atoms with E-state index >= 15 is 0 Å². The number of hydrogen-bond donors (Lipinski definition) is 1. The van der Waals surface area contributed by atoms with Gasteiger partial charge < -0.3 is 10.3 Å². The van der Waals surface area contributed by atoms with Gasteiger partial charge in [0.15, 0.2) is 5.82 Å². The van der Waals surface area contributed by atoms with Crippen molar-refractivity contribution in [2.45, 2.75) is 26.3 Å². The summed E-state index contributed by atoms with van der Waals surface area (Å²) in [6.45, 7) is 2.68. The second kappa shape index (κ2) is 5.59. The van der Waals surface area contributed by atoms with Crippen LogP contribution in [0, 0.1) is 6.92 Å². The molecular weight excluding hydrogens is 280 g/mol. The zero-order valence-corrected chi connectivity index (χ0v) is 12.7. The molecule has 0 radical (unpaired) electrons. The molecule has 0 aliphatic rings. The number of carbonyl (C=O) groups excluding carboxylic acids is 1. The molecule has 0 aromatic carbocycles. The van der Waals surface area contributed by atoms with Crippen LogP contribution in [0.15, 0.2) is 24.7 Å². The summed E-state index contributed by atoms with van der Waals surface area (Å²) in [7, 11) is 1.94. The molecule has 3 heterocycles. The Morgan fingerprint density at radius 3 is 2.91 bits per heavy atom. The second-order valence-electron chi connectivity index (χ2n) is 5.36. The largest absolute Gasteiger partial charge is 0.370 e. The van der Waals surface area contributed by atoms with Crippen molar-refractivity contribution in [1.82, 2.24) is 24.3 Å². The minimum Gasteiger partial charge on any atom is -0.370 e. The van der Waals surface area contributed by atoms with E-state index in [0.717, 1.165) is 28.1 Å². The fourth-order valence-corrected chi connectivity index (χ4v) is 2.60. The Kier molecular flexibility index (Phi) is 3.62. The topological polar surface area (TPSA) is 91.6 Å². The van der Waals surface area contributed by atoms with Crippen molar-refractivity contribution in [1.29, 1.82) is 0 Å². The van der Waals surface area contributed by atoms with Crippen molar-refractivity contribution in [2.75, 3.05) is 0 Å². The van der Waals surface area contributed by atoms with Gasteiger partial charge in [0.25, 0.3) is 0 Å². The summed E-state index contributed by atoms with van der Waals surface area (Å²) in [5, 5.41) is 4.37. The zero-order chi connectivity index (χ0) is 15.7. The van der Waals surface area contributed by atoms with Gasteiger partial charge in [-0.05, 0) is 25.0 Å². The lowest BCUT2D eigenvalue weighted by atomic mass is 10.2. The van der Waals surface area contributed by atoms with Gasteiger partial charge in [-0.1, -0.05) is 0 Å². The molecule has 0 aliphatic heterocycles. The Balaban J connectivity index is 1.96. The maximum atomic E-state index is 10.8. The first kappa shape index (κ1) is 14.2. The van der Waals surface area contributed by atoms with Crippen molar-refractivity contribution in [3.63, 3.8) is 0 Å². The van der Waals surface area contributed by atoms with E-state index in [2.05, 4.69) is 15.1 Å². The molecule has 7 nitrogen and oxygen atoms in total. The highest BCUT2D eigenvalue weighted by Gasteiger charge is 2.12. The van der Waals surface area contributed by atoms with E-state index in [1.165, 1.54) is 0 Å². The van der Waals surface area contributed by atoms with Gasteiger partial charge in [-0.3, -0.25) is 9.48 Å². The van der Waals surface area contributed by atoms with Crippen molar-refractivity contribution in [3.05, 3.63) is 30.2 Å². The summed E-state index contributed by atoms with van der Waals surface area (Å²) in [5.74, 6) is 0.537. The molecule has 0 aliphatic carbocycles. The number of carbonyl (C=O) groups is 1. The number of imidazole rings is 1. The summed E-state index contributed by atoms with van der Waals surface area (Å²) in [5.41, 5.74) is 8.90. The molecule has 22 heavy (non-hydrogen) atoms. The third-order valence-electron chi connectivity index (χ3n) is 3.63. The van der Waals surface area contributed by atoms with E-state index in [9.17, 15) is 4.79 Å². The van der Waals surface area contributed by atoms with Gasteiger partial charge in [0.05, 0.1) is 11.7 Å². The molecule has 3 aromatic rings. The average molecular weight is 298 g/mol. The van der Waals surface area contributed by atoms with Gasteiger partial charge in [-0.15, -0.1) is 0 Å². The van der Waals surface area contributed by atoms with Gasteiger partial charge in [-0.25, -0.2) is 9.97 Å². The lowest BCUT2D eigenvalue weighted by Gasteiger charge is -2.07. The third-order valence-corrected chi connectivity index (χ3v) is 3.63. The van der Waals surface area contributed by atoms with Gasteiger partial charge in [0.2, 0.25) is 5.91 Å². The Morgan fingerprint density at radius 2 is 2.23 bits per heavy atom. The predicted molar refractivity (Wildman–Crippen MR) is 82.9 cm³/mol. The molecule has 7 heteroatoms. The van der Waals surface area contributed by atoms with Crippen LogP contribution in [0.2, 0.25) is 0 Å². The first-order chi connectivity index (χ1) is 10.6. The summed E-state index contributed by atoms with van der Waals surface area (Å²) in [4.78, 5) is 19.8. The van der Waals surface area contributed by atoms with Crippen LogP contribution in [0.5, 0.6) is 0 Å². The predicted octanol–water partition coefficient (Wildman–Crippen LogP) is 1.41. The second-order valence-corrected chi connectivity index (χ2v) is 5.36. The number of pyridine rings is 1. The van der Waals surface area contributed by atoms with E-state index in [4.69, 9.17) is 5.73 Å². The van der Waals surface area contributed by atoms with Crippen LogP contribution >= 0.6 is 0 Å². The first-order valence-corrected chi connectivity index (χ1v) is 7.15. The van der Waals surface area contributed by atoms with Crippen LogP contribution in [0.4, 0.5) is 0 Å². The van der Waals surface area contributed by atoms with E-state index in [0.29, 0.717) is 19.4 Å². The number of aryl methyl sites for hydroxylation is 3. The minimum atomic E-state index is -0.289. The standard InChI is InChI=1S/C15H18N6O/c1-10-8-11(15-17-5-7-20(15)2)19-12-9-18-21(14(10)12)6-3-4-13(16)22/h5,7-9H,3-4,6H2,1-2H3,(H2,16,22). The fraction of sp³-hybridized carbons (Fsp3) is 0.333. The van der Waals surface area contributed by atoms with E-state index in [1.807, 2.05) is 35.5 Å². The molecule has 0 saturated carbocycles. The van der Waals surface area contributed by atoms with Gasteiger partial charge >= 0.3 is 0 Å². The third kappa shape index (κ3) is 2.57. The molecule has 2 N–H and O–H groups in total. The number of fused-ring (bicyclic) bond motifs is 1. The van der Waals surface area contributed by atoms with Crippen LogP contribution in [0.3, 0.4) is 0 Å². The smallest absolute Gasteiger partial charge is 0.217 e. The molecule has 0 spiro atoms. The summed E-state index contributed by atoms with van der Waals surface area (Å²) in [6.07, 6.45) is 6.43. The van der Waals surface area contributed by atoms with Gasteiger partial charge in [0, 0.05) is 32.4 Å². The number of nitrogens with two attached hydrogens (primary N) is 1. The number of amides is 1. The zero-order valence-electron chi connectivity index (χ0n) is 12.7. The van der Waals surface area contributed by atoms with E-state index in [1.54, 1.807) is 12.4 Å². The SMILES string of the molecule is Cc1cc(-c2nccn2C)nc2cnn(CCCC(N)=O)c12. The molecule has 0 unspecified atom stereocenters. The highest BCUT2D eigenvalue weighted by Crippen LogP contribution is 2.23. The lowest BCUT2D eigenvalue weighted by molar-refractivity contribution is -0.118. The normalized spacial score (nSPS) is 11.2. The minimum absolute atomic E-state index is 0.289. The summed E-state index contributed by atoms with van der Waals surface area (Å²) in [6, 6.07) is 2.01. The summed E-state index contributed by atoms with van der Waals surface area (Å²) >= 11 is 0. The number of primary amides is 1. The maximum absolute atomic E-state index is 10.8. The molecular formula is C15H18N6O. The van der Waals surface area contributed by atoms with Crippen LogP contribution in [0.1, 0.15) is 18.4 Å². The number of rotatable bonds is 5. The van der Waals surface area contributed by atoms with Crippen LogP contribution in [-0.2, 0) is 18.4 Å². The first-order valence-electron chi connectivity index (χ1n) is 7.15. The molecule has 0 fully saturated rings. The Hall–Kier alpha value is -2.70. The molecule has 114 valence electrons. The van der Waals surface area contributed by atoms with Crippen molar-refractivity contribution < 1.29 is 4.79 Å². The van der Waals surface area contributed by atoms with E-state index in [-0.39, 0.29) is 5.91 Å². The van der Waals surface area contributed by atoms with Crippen molar-refractivity contribution in [2.24, 2.45) is 12.8 Å². The van der Waals surface area contributed by atoms with Crippen LogP contribution in [0.25, 0.3) is 22.6 Å². The molecule has 3 aromatic heterocycles. The molecule has 3 rings (SSSR count).